The van der Waals surface area contributed by atoms with Gasteiger partial charge < -0.3 is 14.7 Å². The van der Waals surface area contributed by atoms with E-state index in [1.807, 2.05) is 12.1 Å². The Morgan fingerprint density at radius 3 is 2.56 bits per heavy atom. The smallest absolute Gasteiger partial charge is 0.120 e. The Kier molecular flexibility index (Phi) is 10.5. The Morgan fingerprint density at radius 1 is 1.11 bits per heavy atom. The van der Waals surface area contributed by atoms with Crippen molar-refractivity contribution in [2.45, 2.75) is 77.7 Å². The van der Waals surface area contributed by atoms with E-state index >= 15 is 0 Å². The summed E-state index contributed by atoms with van der Waals surface area (Å²) < 4.78 is 5.87. The Bertz CT molecular complexity index is 537. The maximum Gasteiger partial charge on any atom is 0.120 e. The molecule has 154 valence electrons. The van der Waals surface area contributed by atoms with Gasteiger partial charge in [0.15, 0.2) is 0 Å². The summed E-state index contributed by atoms with van der Waals surface area (Å²) in [6.07, 6.45) is 10.5. The van der Waals surface area contributed by atoms with E-state index in [1.165, 1.54) is 38.5 Å². The minimum absolute atomic E-state index is 0.225. The summed E-state index contributed by atoms with van der Waals surface area (Å²) in [4.78, 5) is 2.41. The molecular weight excluding hydrogens is 358 g/mol. The normalized spacial score (nSPS) is 20.7. The van der Waals surface area contributed by atoms with Crippen LogP contribution in [0.25, 0.3) is 0 Å². The molecule has 1 N–H and O–H groups in total. The van der Waals surface area contributed by atoms with Gasteiger partial charge in [-0.05, 0) is 43.5 Å². The van der Waals surface area contributed by atoms with Gasteiger partial charge in [0.2, 0.25) is 0 Å². The Labute approximate surface area is 171 Å². The van der Waals surface area contributed by atoms with Crippen LogP contribution in [0.3, 0.4) is 0 Å². The van der Waals surface area contributed by atoms with Crippen molar-refractivity contribution in [3.63, 3.8) is 0 Å². The number of likely N-dealkylation sites (tertiary alicyclic amines) is 1. The highest BCUT2D eigenvalue weighted by Gasteiger charge is 2.27. The Balaban J connectivity index is 1.73. The monoisotopic (exact) mass is 395 g/mol. The summed E-state index contributed by atoms with van der Waals surface area (Å²) in [6, 6.07) is 6.03. The number of aliphatic hydroxyl groups excluding tert-OH is 1. The third kappa shape index (κ3) is 8.01. The van der Waals surface area contributed by atoms with Crippen molar-refractivity contribution in [1.82, 2.24) is 4.90 Å². The van der Waals surface area contributed by atoms with Crippen LogP contribution in [0.4, 0.5) is 0 Å². The van der Waals surface area contributed by atoms with Gasteiger partial charge >= 0.3 is 0 Å². The van der Waals surface area contributed by atoms with Crippen LogP contribution in [0.5, 0.6) is 5.75 Å². The number of unbranched alkanes of at least 4 members (excludes halogenated alkanes) is 6. The zero-order valence-corrected chi connectivity index (χ0v) is 18.0. The Hall–Kier alpha value is -0.770. The standard InChI is InChI=1S/C23H38ClNO2/c1-3-5-6-7-8-9-10-15-27-21-12-11-19(22(24)17-21)16-20-18-25(4-2)14-13-23(20)26/h11-12,17,20,23,26H,3-10,13-16,18H2,1-2H3. The second-order valence-corrected chi connectivity index (χ2v) is 8.34. The molecule has 1 aliphatic rings. The van der Waals surface area contributed by atoms with Crippen molar-refractivity contribution in [1.29, 1.82) is 0 Å². The number of ether oxygens (including phenoxy) is 1. The molecule has 1 heterocycles. The van der Waals surface area contributed by atoms with E-state index in [2.05, 4.69) is 24.8 Å². The SMILES string of the molecule is CCCCCCCCCOc1ccc(CC2CN(CC)CCC2O)c(Cl)c1. The van der Waals surface area contributed by atoms with Crippen molar-refractivity contribution in [3.05, 3.63) is 28.8 Å². The molecule has 3 nitrogen and oxygen atoms in total. The number of aliphatic hydroxyl groups is 1. The van der Waals surface area contributed by atoms with E-state index < -0.39 is 0 Å². The topological polar surface area (TPSA) is 32.7 Å². The van der Waals surface area contributed by atoms with Crippen LogP contribution in [0.2, 0.25) is 5.02 Å². The van der Waals surface area contributed by atoms with E-state index in [0.717, 1.165) is 61.8 Å². The number of rotatable bonds is 12. The predicted molar refractivity (Wildman–Crippen MR) is 115 cm³/mol. The summed E-state index contributed by atoms with van der Waals surface area (Å²) in [5.41, 5.74) is 1.11. The summed E-state index contributed by atoms with van der Waals surface area (Å²) in [7, 11) is 0. The number of piperidine rings is 1. The molecule has 1 aromatic carbocycles. The van der Waals surface area contributed by atoms with Crippen molar-refractivity contribution >= 4 is 11.6 Å². The molecular formula is C23H38ClNO2. The fourth-order valence-corrected chi connectivity index (χ4v) is 4.15. The van der Waals surface area contributed by atoms with Gasteiger partial charge in [0.05, 0.1) is 12.7 Å². The summed E-state index contributed by atoms with van der Waals surface area (Å²) in [5, 5.41) is 11.1. The van der Waals surface area contributed by atoms with Crippen LogP contribution in [0.1, 0.15) is 70.8 Å². The lowest BCUT2D eigenvalue weighted by Crippen LogP contribution is -2.43. The molecule has 1 saturated heterocycles. The van der Waals surface area contributed by atoms with Gasteiger partial charge in [0.1, 0.15) is 5.75 Å². The molecule has 0 amide bonds. The van der Waals surface area contributed by atoms with Gasteiger partial charge in [-0.15, -0.1) is 0 Å². The molecule has 0 radical (unpaired) electrons. The average Bonchev–Trinajstić information content (AvgIpc) is 2.67. The Morgan fingerprint density at radius 2 is 1.85 bits per heavy atom. The van der Waals surface area contributed by atoms with Crippen LogP contribution in [-0.2, 0) is 6.42 Å². The zero-order chi connectivity index (χ0) is 19.5. The zero-order valence-electron chi connectivity index (χ0n) is 17.3. The molecule has 0 bridgehead atoms. The molecule has 27 heavy (non-hydrogen) atoms. The minimum atomic E-state index is -0.225. The van der Waals surface area contributed by atoms with E-state index in [1.54, 1.807) is 0 Å². The lowest BCUT2D eigenvalue weighted by molar-refractivity contribution is 0.0290. The summed E-state index contributed by atoms with van der Waals surface area (Å²) in [6.45, 7) is 8.18. The third-order valence-corrected chi connectivity index (χ3v) is 6.10. The first-order chi connectivity index (χ1) is 13.1. The molecule has 2 atom stereocenters. The molecule has 1 fully saturated rings. The first-order valence-electron chi connectivity index (χ1n) is 11.0. The fraction of sp³-hybridized carbons (Fsp3) is 0.739. The molecule has 0 saturated carbocycles. The number of benzene rings is 1. The van der Waals surface area contributed by atoms with Crippen LogP contribution in [-0.4, -0.2) is 42.4 Å². The van der Waals surface area contributed by atoms with Crippen molar-refractivity contribution in [3.8, 4) is 5.75 Å². The lowest BCUT2D eigenvalue weighted by Gasteiger charge is -2.35. The highest BCUT2D eigenvalue weighted by molar-refractivity contribution is 6.31. The van der Waals surface area contributed by atoms with Crippen LogP contribution < -0.4 is 4.74 Å². The molecule has 1 aliphatic heterocycles. The molecule has 2 rings (SSSR count). The molecule has 0 aliphatic carbocycles. The van der Waals surface area contributed by atoms with Gasteiger partial charge in [-0.3, -0.25) is 0 Å². The van der Waals surface area contributed by atoms with E-state index in [9.17, 15) is 5.11 Å². The molecule has 2 unspecified atom stereocenters. The first kappa shape index (κ1) is 22.5. The van der Waals surface area contributed by atoms with E-state index in [4.69, 9.17) is 16.3 Å². The summed E-state index contributed by atoms with van der Waals surface area (Å²) in [5.74, 6) is 1.12. The lowest BCUT2D eigenvalue weighted by atomic mass is 9.88. The van der Waals surface area contributed by atoms with Crippen LogP contribution in [0, 0.1) is 5.92 Å². The van der Waals surface area contributed by atoms with Gasteiger partial charge in [-0.2, -0.15) is 0 Å². The second-order valence-electron chi connectivity index (χ2n) is 7.94. The van der Waals surface area contributed by atoms with Crippen LogP contribution in [0.15, 0.2) is 18.2 Å². The number of halogens is 1. The van der Waals surface area contributed by atoms with E-state index in [-0.39, 0.29) is 12.0 Å². The quantitative estimate of drug-likeness (QED) is 0.460. The van der Waals surface area contributed by atoms with Crippen LogP contribution >= 0.6 is 11.6 Å². The predicted octanol–water partition coefficient (Wildman–Crippen LogP) is 5.71. The van der Waals surface area contributed by atoms with Gasteiger partial charge in [0, 0.05) is 24.0 Å². The maximum absolute atomic E-state index is 10.3. The van der Waals surface area contributed by atoms with Gasteiger partial charge in [0.25, 0.3) is 0 Å². The molecule has 0 aromatic heterocycles. The molecule has 1 aromatic rings. The third-order valence-electron chi connectivity index (χ3n) is 5.75. The van der Waals surface area contributed by atoms with Gasteiger partial charge in [-0.1, -0.05) is 70.0 Å². The highest BCUT2D eigenvalue weighted by Crippen LogP contribution is 2.28. The van der Waals surface area contributed by atoms with Crippen molar-refractivity contribution in [2.24, 2.45) is 5.92 Å². The first-order valence-corrected chi connectivity index (χ1v) is 11.3. The van der Waals surface area contributed by atoms with Crippen molar-refractivity contribution < 1.29 is 9.84 Å². The number of hydrogen-bond acceptors (Lipinski definition) is 3. The van der Waals surface area contributed by atoms with E-state index in [0.29, 0.717) is 0 Å². The molecule has 4 heteroatoms. The minimum Gasteiger partial charge on any atom is -0.494 e. The fourth-order valence-electron chi connectivity index (χ4n) is 3.90. The molecule has 0 spiro atoms. The summed E-state index contributed by atoms with van der Waals surface area (Å²) >= 11 is 6.50. The largest absolute Gasteiger partial charge is 0.494 e. The average molecular weight is 396 g/mol. The number of hydrogen-bond donors (Lipinski definition) is 1. The number of nitrogens with zero attached hydrogens (tertiary/aromatic N) is 1. The van der Waals surface area contributed by atoms with Gasteiger partial charge in [-0.25, -0.2) is 0 Å². The maximum atomic E-state index is 10.3. The van der Waals surface area contributed by atoms with Crippen molar-refractivity contribution in [2.75, 3.05) is 26.2 Å². The highest BCUT2D eigenvalue weighted by atomic mass is 35.5. The second kappa shape index (κ2) is 12.6.